The molecule has 0 heterocycles. The first-order valence-corrected chi connectivity index (χ1v) is 12.5. The predicted molar refractivity (Wildman–Crippen MR) is 115 cm³/mol. The Bertz CT molecular complexity index is 365. The van der Waals surface area contributed by atoms with Gasteiger partial charge >= 0.3 is 5.97 Å². The maximum Gasteiger partial charge on any atom is 0.308 e. The van der Waals surface area contributed by atoms with Crippen LogP contribution < -0.4 is 0 Å². The Balaban J connectivity index is 1.41. The van der Waals surface area contributed by atoms with Crippen LogP contribution in [-0.4, -0.2) is 12.6 Å². The van der Waals surface area contributed by atoms with E-state index < -0.39 is 0 Å². The molecule has 0 atom stereocenters. The predicted octanol–water partition coefficient (Wildman–Crippen LogP) is 7.84. The zero-order valence-corrected chi connectivity index (χ0v) is 18.2. The first kappa shape index (κ1) is 22.8. The largest absolute Gasteiger partial charge is 0.465 e. The van der Waals surface area contributed by atoms with Crippen molar-refractivity contribution in [2.45, 2.75) is 129 Å². The second-order valence-corrected chi connectivity index (χ2v) is 9.36. The normalized spacial score (nSPS) is 24.0. The van der Waals surface area contributed by atoms with Crippen molar-refractivity contribution in [3.8, 4) is 0 Å². The number of carbonyl (C=O) groups excluding carboxylic acids is 1. The van der Waals surface area contributed by atoms with Crippen LogP contribution in [0.1, 0.15) is 129 Å². The van der Waals surface area contributed by atoms with E-state index >= 15 is 0 Å². The van der Waals surface area contributed by atoms with Gasteiger partial charge < -0.3 is 4.74 Å². The molecule has 0 aromatic rings. The summed E-state index contributed by atoms with van der Waals surface area (Å²) in [6, 6.07) is 0. The van der Waals surface area contributed by atoms with E-state index in [2.05, 4.69) is 6.92 Å². The highest BCUT2D eigenvalue weighted by Crippen LogP contribution is 2.40. The molecule has 2 fully saturated rings. The molecule has 2 saturated carbocycles. The van der Waals surface area contributed by atoms with E-state index in [1.54, 1.807) is 0 Å². The van der Waals surface area contributed by atoms with Crippen LogP contribution in [0, 0.1) is 17.8 Å². The second kappa shape index (κ2) is 14.5. The number of hydrogen-bond donors (Lipinski definition) is 0. The molecule has 0 aromatic heterocycles. The fraction of sp³-hybridized carbons (Fsp3) is 0.960. The molecule has 2 aliphatic rings. The van der Waals surface area contributed by atoms with E-state index in [4.69, 9.17) is 4.74 Å². The Morgan fingerprint density at radius 1 is 0.667 bits per heavy atom. The van der Waals surface area contributed by atoms with E-state index in [1.165, 1.54) is 103 Å². The van der Waals surface area contributed by atoms with Gasteiger partial charge in [-0.05, 0) is 43.9 Å². The fourth-order valence-electron chi connectivity index (χ4n) is 5.31. The molecule has 0 unspecified atom stereocenters. The van der Waals surface area contributed by atoms with Crippen molar-refractivity contribution in [1.82, 2.24) is 0 Å². The van der Waals surface area contributed by atoms with Crippen molar-refractivity contribution in [1.29, 1.82) is 0 Å². The molecule has 2 rings (SSSR count). The minimum atomic E-state index is 0.105. The van der Waals surface area contributed by atoms with Crippen LogP contribution >= 0.6 is 0 Å². The minimum absolute atomic E-state index is 0.105. The zero-order chi connectivity index (χ0) is 19.2. The number of rotatable bonds is 13. The molecule has 0 radical (unpaired) electrons. The van der Waals surface area contributed by atoms with Gasteiger partial charge in [0.25, 0.3) is 0 Å². The minimum Gasteiger partial charge on any atom is -0.465 e. The molecule has 0 N–H and O–H groups in total. The number of hydrogen-bond acceptors (Lipinski definition) is 2. The second-order valence-electron chi connectivity index (χ2n) is 9.36. The quantitative estimate of drug-likeness (QED) is 0.241. The van der Waals surface area contributed by atoms with Gasteiger partial charge in [-0.3, -0.25) is 4.79 Å². The highest BCUT2D eigenvalue weighted by atomic mass is 16.5. The molecule has 0 saturated heterocycles. The Hall–Kier alpha value is -0.530. The third-order valence-corrected chi connectivity index (χ3v) is 7.16. The Morgan fingerprint density at radius 3 is 1.78 bits per heavy atom. The molecule has 0 amide bonds. The van der Waals surface area contributed by atoms with E-state index in [1.807, 2.05) is 0 Å². The summed E-state index contributed by atoms with van der Waals surface area (Å²) in [5.41, 5.74) is 0. The van der Waals surface area contributed by atoms with Gasteiger partial charge in [-0.1, -0.05) is 96.8 Å². The average molecular weight is 379 g/mol. The monoisotopic (exact) mass is 378 g/mol. The van der Waals surface area contributed by atoms with Crippen LogP contribution in [0.3, 0.4) is 0 Å². The summed E-state index contributed by atoms with van der Waals surface area (Å²) in [6.07, 6.45) is 25.2. The van der Waals surface area contributed by atoms with Crippen molar-refractivity contribution < 1.29 is 9.53 Å². The lowest BCUT2D eigenvalue weighted by molar-refractivity contribution is -0.150. The van der Waals surface area contributed by atoms with Gasteiger partial charge in [0.05, 0.1) is 12.5 Å². The third kappa shape index (κ3) is 9.48. The van der Waals surface area contributed by atoms with Crippen molar-refractivity contribution in [3.63, 3.8) is 0 Å². The topological polar surface area (TPSA) is 26.3 Å². The van der Waals surface area contributed by atoms with E-state index in [-0.39, 0.29) is 11.9 Å². The van der Waals surface area contributed by atoms with Crippen LogP contribution in [0.2, 0.25) is 0 Å². The van der Waals surface area contributed by atoms with E-state index in [0.717, 1.165) is 31.1 Å². The molecule has 2 heteroatoms. The van der Waals surface area contributed by atoms with Gasteiger partial charge in [-0.25, -0.2) is 0 Å². The van der Waals surface area contributed by atoms with Crippen LogP contribution in [0.25, 0.3) is 0 Å². The lowest BCUT2D eigenvalue weighted by Gasteiger charge is -2.35. The van der Waals surface area contributed by atoms with Gasteiger partial charge in [0.2, 0.25) is 0 Å². The summed E-state index contributed by atoms with van der Waals surface area (Å²) >= 11 is 0. The van der Waals surface area contributed by atoms with Gasteiger partial charge in [0.15, 0.2) is 0 Å². The molecular weight excluding hydrogens is 332 g/mol. The molecule has 0 aromatic carbocycles. The number of esters is 1. The van der Waals surface area contributed by atoms with E-state index in [9.17, 15) is 4.79 Å². The van der Waals surface area contributed by atoms with Gasteiger partial charge in [0, 0.05) is 0 Å². The fourth-order valence-corrected chi connectivity index (χ4v) is 5.31. The standard InChI is InChI=1S/C25H46O2/c1-2-3-4-5-6-7-8-9-10-14-21-27-25(26)24-19-17-23(18-20-24)22-15-12-11-13-16-22/h22-24H,2-21H2,1H3. The lowest BCUT2D eigenvalue weighted by Crippen LogP contribution is -2.28. The highest BCUT2D eigenvalue weighted by molar-refractivity contribution is 5.72. The van der Waals surface area contributed by atoms with E-state index in [0.29, 0.717) is 6.61 Å². The summed E-state index contributed by atoms with van der Waals surface area (Å²) in [5.74, 6) is 2.17. The average Bonchev–Trinajstić information content (AvgIpc) is 2.72. The smallest absolute Gasteiger partial charge is 0.308 e. The Labute approximate surface area is 169 Å². The highest BCUT2D eigenvalue weighted by Gasteiger charge is 2.31. The van der Waals surface area contributed by atoms with Crippen LogP contribution in [-0.2, 0) is 9.53 Å². The number of carbonyl (C=O) groups is 1. The summed E-state index contributed by atoms with van der Waals surface area (Å²) < 4.78 is 5.60. The summed E-state index contributed by atoms with van der Waals surface area (Å²) in [6.45, 7) is 2.92. The molecule has 0 spiro atoms. The third-order valence-electron chi connectivity index (χ3n) is 7.16. The van der Waals surface area contributed by atoms with Crippen molar-refractivity contribution in [2.75, 3.05) is 6.61 Å². The van der Waals surface area contributed by atoms with Crippen LogP contribution in [0.5, 0.6) is 0 Å². The SMILES string of the molecule is CCCCCCCCCCCCOC(=O)C1CCC(C2CCCCC2)CC1. The molecule has 0 bridgehead atoms. The van der Waals surface area contributed by atoms with Crippen molar-refractivity contribution >= 4 is 5.97 Å². The zero-order valence-electron chi connectivity index (χ0n) is 18.2. The molecule has 2 nitrogen and oxygen atoms in total. The first-order chi connectivity index (χ1) is 13.3. The molecule has 2 aliphatic carbocycles. The summed E-state index contributed by atoms with van der Waals surface area (Å²) in [7, 11) is 0. The van der Waals surface area contributed by atoms with Crippen LogP contribution in [0.15, 0.2) is 0 Å². The molecule has 0 aliphatic heterocycles. The Morgan fingerprint density at radius 2 is 1.19 bits per heavy atom. The number of unbranched alkanes of at least 4 members (excludes halogenated alkanes) is 9. The van der Waals surface area contributed by atoms with Crippen LogP contribution in [0.4, 0.5) is 0 Å². The van der Waals surface area contributed by atoms with Gasteiger partial charge in [0.1, 0.15) is 0 Å². The first-order valence-electron chi connectivity index (χ1n) is 12.5. The van der Waals surface area contributed by atoms with Gasteiger partial charge in [-0.15, -0.1) is 0 Å². The maximum absolute atomic E-state index is 12.3. The number of ether oxygens (including phenoxy) is 1. The maximum atomic E-state index is 12.3. The summed E-state index contributed by atoms with van der Waals surface area (Å²) in [4.78, 5) is 12.3. The Kier molecular flexibility index (Phi) is 12.2. The molecule has 27 heavy (non-hydrogen) atoms. The summed E-state index contributed by atoms with van der Waals surface area (Å²) in [5, 5.41) is 0. The van der Waals surface area contributed by atoms with Crippen molar-refractivity contribution in [3.05, 3.63) is 0 Å². The van der Waals surface area contributed by atoms with Gasteiger partial charge in [-0.2, -0.15) is 0 Å². The lowest BCUT2D eigenvalue weighted by atomic mass is 9.71. The molecule has 158 valence electrons. The van der Waals surface area contributed by atoms with Crippen molar-refractivity contribution in [2.24, 2.45) is 17.8 Å². The molecular formula is C25H46O2.